The Morgan fingerprint density at radius 2 is 2.19 bits per heavy atom. The lowest BCUT2D eigenvalue weighted by Crippen LogP contribution is -2.01. The van der Waals surface area contributed by atoms with Crippen LogP contribution in [0.4, 0.5) is 0 Å². The van der Waals surface area contributed by atoms with Crippen molar-refractivity contribution in [2.24, 2.45) is 0 Å². The number of hydrogen-bond donors (Lipinski definition) is 0. The highest BCUT2D eigenvalue weighted by Crippen LogP contribution is 1.93. The molecule has 0 saturated carbocycles. The second kappa shape index (κ2) is 6.15. The molecule has 0 amide bonds. The maximum Gasteiger partial charge on any atom is 0.317 e. The Kier molecular flexibility index (Phi) is 4.49. The largest absolute Gasteiger partial charge is 0.465 e. The summed E-state index contributed by atoms with van der Waals surface area (Å²) in [6, 6.07) is 1.80. The molecule has 80 valence electrons. The van der Waals surface area contributed by atoms with Gasteiger partial charge in [-0.15, -0.1) is 0 Å². The van der Waals surface area contributed by atoms with E-state index in [0.29, 0.717) is 12.2 Å². The van der Waals surface area contributed by atoms with Crippen molar-refractivity contribution in [3.63, 3.8) is 0 Å². The molecule has 0 aromatic carbocycles. The van der Waals surface area contributed by atoms with E-state index in [2.05, 4.69) is 21.8 Å². The third kappa shape index (κ3) is 3.77. The van der Waals surface area contributed by atoms with Crippen LogP contribution in [0.15, 0.2) is 12.4 Å². The smallest absolute Gasteiger partial charge is 0.317 e. The molecule has 0 aliphatic rings. The summed E-state index contributed by atoms with van der Waals surface area (Å²) >= 11 is 0. The van der Waals surface area contributed by atoms with Gasteiger partial charge in [-0.25, -0.2) is 9.97 Å². The van der Waals surface area contributed by atoms with Gasteiger partial charge in [-0.3, -0.25) is 4.79 Å². The summed E-state index contributed by atoms with van der Waals surface area (Å²) in [6.07, 6.45) is 2.90. The van der Waals surface area contributed by atoms with Crippen LogP contribution in [0.2, 0.25) is 0 Å². The minimum atomic E-state index is -0.357. The van der Waals surface area contributed by atoms with E-state index in [9.17, 15) is 4.79 Å². The third-order valence-corrected chi connectivity index (χ3v) is 1.52. The summed E-state index contributed by atoms with van der Waals surface area (Å²) in [5.41, 5.74) is 0.559. The maximum atomic E-state index is 10.9. The number of nitrogens with zero attached hydrogens (tertiary/aromatic N) is 3. The molecule has 0 saturated heterocycles. The molecule has 5 heteroatoms. The van der Waals surface area contributed by atoms with E-state index in [4.69, 9.17) is 10.00 Å². The number of carbonyl (C=O) groups excluding carboxylic acids is 1. The van der Waals surface area contributed by atoms with E-state index in [0.717, 1.165) is 0 Å². The van der Waals surface area contributed by atoms with Gasteiger partial charge in [-0.05, 0) is 6.92 Å². The van der Waals surface area contributed by atoms with Gasteiger partial charge < -0.3 is 4.74 Å². The summed E-state index contributed by atoms with van der Waals surface area (Å²) in [7, 11) is 0. The zero-order valence-corrected chi connectivity index (χ0v) is 8.73. The van der Waals surface area contributed by atoms with Crippen LogP contribution >= 0.6 is 0 Å². The zero-order valence-electron chi connectivity index (χ0n) is 8.73. The molecule has 0 bridgehead atoms. The van der Waals surface area contributed by atoms with E-state index in [1.165, 1.54) is 12.4 Å². The highest BCUT2D eigenvalue weighted by atomic mass is 16.5. The molecule has 0 fully saturated rings. The SMILES string of the molecule is CCOC(=O)CC#Cc1cnc(C#N)nc1. The lowest BCUT2D eigenvalue weighted by Gasteiger charge is -1.94. The van der Waals surface area contributed by atoms with Gasteiger partial charge in [0.25, 0.3) is 0 Å². The van der Waals surface area contributed by atoms with Crippen LogP contribution in [0.5, 0.6) is 0 Å². The topological polar surface area (TPSA) is 75.9 Å². The molecule has 0 spiro atoms. The van der Waals surface area contributed by atoms with Crippen LogP contribution in [-0.2, 0) is 9.53 Å². The fourth-order valence-corrected chi connectivity index (χ4v) is 0.881. The quantitative estimate of drug-likeness (QED) is 0.535. The first-order chi connectivity index (χ1) is 7.76. The molecule has 1 heterocycles. The number of ether oxygens (including phenoxy) is 1. The molecule has 0 aliphatic carbocycles. The van der Waals surface area contributed by atoms with E-state index in [1.807, 2.05) is 0 Å². The molecule has 1 aromatic heterocycles. The standard InChI is InChI=1S/C11H9N3O2/c1-2-16-11(15)5-3-4-9-7-13-10(6-12)14-8-9/h7-8H,2,5H2,1H3. The van der Waals surface area contributed by atoms with Gasteiger partial charge in [0.2, 0.25) is 5.82 Å². The maximum absolute atomic E-state index is 10.9. The Hall–Kier alpha value is -2.40. The second-order valence-electron chi connectivity index (χ2n) is 2.69. The molecule has 16 heavy (non-hydrogen) atoms. The van der Waals surface area contributed by atoms with Crippen LogP contribution in [0.1, 0.15) is 24.7 Å². The minimum absolute atomic E-state index is 0.0356. The Labute approximate surface area is 93.1 Å². The van der Waals surface area contributed by atoms with Crippen LogP contribution in [0.25, 0.3) is 0 Å². The number of hydrogen-bond acceptors (Lipinski definition) is 5. The van der Waals surface area contributed by atoms with E-state index >= 15 is 0 Å². The van der Waals surface area contributed by atoms with Gasteiger partial charge in [0, 0.05) is 12.4 Å². The van der Waals surface area contributed by atoms with Crippen molar-refractivity contribution in [3.8, 4) is 17.9 Å². The van der Waals surface area contributed by atoms with Crippen LogP contribution in [0, 0.1) is 23.2 Å². The molecule has 5 nitrogen and oxygen atoms in total. The highest BCUT2D eigenvalue weighted by Gasteiger charge is 1.96. The summed E-state index contributed by atoms with van der Waals surface area (Å²) < 4.78 is 4.70. The van der Waals surface area contributed by atoms with Crippen molar-refractivity contribution >= 4 is 5.97 Å². The summed E-state index contributed by atoms with van der Waals surface area (Å²) in [4.78, 5) is 18.4. The molecule has 1 aromatic rings. The van der Waals surface area contributed by atoms with Crippen LogP contribution < -0.4 is 0 Å². The number of rotatable bonds is 2. The van der Waals surface area contributed by atoms with Crippen molar-refractivity contribution in [3.05, 3.63) is 23.8 Å². The molecular formula is C11H9N3O2. The normalized spacial score (nSPS) is 8.50. The third-order valence-electron chi connectivity index (χ3n) is 1.52. The van der Waals surface area contributed by atoms with Gasteiger partial charge in [-0.2, -0.15) is 5.26 Å². The molecule has 0 aliphatic heterocycles. The fourth-order valence-electron chi connectivity index (χ4n) is 0.881. The first-order valence-electron chi connectivity index (χ1n) is 4.63. The van der Waals surface area contributed by atoms with Gasteiger partial charge in [0.1, 0.15) is 12.5 Å². The molecular weight excluding hydrogens is 206 g/mol. The highest BCUT2D eigenvalue weighted by molar-refractivity contribution is 5.72. The predicted molar refractivity (Wildman–Crippen MR) is 54.9 cm³/mol. The Morgan fingerprint density at radius 3 is 2.75 bits per heavy atom. The monoisotopic (exact) mass is 215 g/mol. The van der Waals surface area contributed by atoms with Crippen molar-refractivity contribution in [2.75, 3.05) is 6.61 Å². The summed E-state index contributed by atoms with van der Waals surface area (Å²) in [5.74, 6) is 5.07. The molecule has 0 atom stereocenters. The number of nitriles is 1. The average molecular weight is 215 g/mol. The Bertz CT molecular complexity index is 463. The van der Waals surface area contributed by atoms with Crippen molar-refractivity contribution in [2.45, 2.75) is 13.3 Å². The molecule has 0 N–H and O–H groups in total. The van der Waals surface area contributed by atoms with Crippen molar-refractivity contribution in [1.29, 1.82) is 5.26 Å². The number of carbonyl (C=O) groups is 1. The summed E-state index contributed by atoms with van der Waals surface area (Å²) in [5, 5.41) is 8.46. The van der Waals surface area contributed by atoms with Crippen molar-refractivity contribution < 1.29 is 9.53 Å². The first kappa shape index (κ1) is 11.7. The number of aromatic nitrogens is 2. The minimum Gasteiger partial charge on any atom is -0.465 e. The van der Waals surface area contributed by atoms with Crippen LogP contribution in [0.3, 0.4) is 0 Å². The van der Waals surface area contributed by atoms with E-state index in [-0.39, 0.29) is 18.2 Å². The average Bonchev–Trinajstić information content (AvgIpc) is 2.30. The number of esters is 1. The van der Waals surface area contributed by atoms with Gasteiger partial charge in [-0.1, -0.05) is 11.8 Å². The molecule has 1 rings (SSSR count). The van der Waals surface area contributed by atoms with Gasteiger partial charge in [0.15, 0.2) is 0 Å². The van der Waals surface area contributed by atoms with Gasteiger partial charge in [0.05, 0.1) is 12.2 Å². The van der Waals surface area contributed by atoms with Crippen molar-refractivity contribution in [1.82, 2.24) is 9.97 Å². The molecule has 0 unspecified atom stereocenters. The fraction of sp³-hybridized carbons (Fsp3) is 0.273. The zero-order chi connectivity index (χ0) is 11.8. The lowest BCUT2D eigenvalue weighted by atomic mass is 10.3. The summed E-state index contributed by atoms with van der Waals surface area (Å²) in [6.45, 7) is 2.08. The second-order valence-corrected chi connectivity index (χ2v) is 2.69. The lowest BCUT2D eigenvalue weighted by molar-refractivity contribution is -0.141. The van der Waals surface area contributed by atoms with Crippen LogP contribution in [-0.4, -0.2) is 22.5 Å². The Morgan fingerprint density at radius 1 is 1.50 bits per heavy atom. The Balaban J connectivity index is 2.57. The van der Waals surface area contributed by atoms with E-state index in [1.54, 1.807) is 13.0 Å². The van der Waals surface area contributed by atoms with Gasteiger partial charge >= 0.3 is 5.97 Å². The predicted octanol–water partition coefficient (Wildman–Crippen LogP) is 0.653. The first-order valence-corrected chi connectivity index (χ1v) is 4.63. The van der Waals surface area contributed by atoms with E-state index < -0.39 is 0 Å². The molecule has 0 radical (unpaired) electrons.